The van der Waals surface area contributed by atoms with Crippen LogP contribution in [0.25, 0.3) is 11.0 Å². The summed E-state index contributed by atoms with van der Waals surface area (Å²) < 4.78 is 21.4. The highest BCUT2D eigenvalue weighted by molar-refractivity contribution is 6.32. The van der Waals surface area contributed by atoms with Crippen LogP contribution in [0.4, 0.5) is 5.69 Å². The summed E-state index contributed by atoms with van der Waals surface area (Å²) in [7, 11) is 6.06. The Labute approximate surface area is 346 Å². The standard InChI is InChI=1S/C44H39ClN6O9/c1-47-34-23-37(60-4)36(59-3)22-32(34)46-31(40(47)54)16-17-48-42(56)49-18-15-28-33(51(49)43(48)57)21-30-39(53)50(26-12-8-11-25(45)19-26)41(55)44(30,24-9-6-5-7-10-24)38(28)29-14-13-27(58-2)20-35(29)52/h5-15,19-20,22-23,30,33,38,52H,16-18,21H2,1-4H3. The van der Waals surface area contributed by atoms with Gasteiger partial charge in [-0.1, -0.05) is 60.1 Å². The van der Waals surface area contributed by atoms with Crippen LogP contribution in [0.15, 0.2) is 111 Å². The average molecular weight is 831 g/mol. The summed E-state index contributed by atoms with van der Waals surface area (Å²) in [5, 5.41) is 12.1. The van der Waals surface area contributed by atoms with Crippen LogP contribution in [-0.2, 0) is 41.6 Å². The summed E-state index contributed by atoms with van der Waals surface area (Å²) in [4.78, 5) is 78.5. The molecule has 306 valence electrons. The number of aromatic nitrogens is 5. The number of ether oxygens (including phenoxy) is 3. The Balaban J connectivity index is 1.19. The van der Waals surface area contributed by atoms with E-state index in [0.29, 0.717) is 50.0 Å². The molecule has 2 fully saturated rings. The van der Waals surface area contributed by atoms with Gasteiger partial charge in [0.15, 0.2) is 11.5 Å². The van der Waals surface area contributed by atoms with E-state index in [-0.39, 0.29) is 43.1 Å². The molecule has 0 radical (unpaired) electrons. The van der Waals surface area contributed by atoms with E-state index in [1.165, 1.54) is 41.3 Å². The predicted octanol–water partition coefficient (Wildman–Crippen LogP) is 4.48. The summed E-state index contributed by atoms with van der Waals surface area (Å²) >= 11 is 6.41. The van der Waals surface area contributed by atoms with Gasteiger partial charge in [-0.05, 0) is 41.8 Å². The number of carbonyl (C=O) groups is 2. The van der Waals surface area contributed by atoms with Crippen LogP contribution in [0.5, 0.6) is 23.0 Å². The summed E-state index contributed by atoms with van der Waals surface area (Å²) in [5.74, 6) is -2.05. The number of rotatable bonds is 9. The number of hydrogen-bond acceptors (Lipinski definition) is 10. The molecule has 2 amide bonds. The maximum atomic E-state index is 15.4. The Bertz CT molecular complexity index is 2990. The minimum Gasteiger partial charge on any atom is -0.508 e. The van der Waals surface area contributed by atoms with Crippen molar-refractivity contribution in [2.75, 3.05) is 26.2 Å². The highest BCUT2D eigenvalue weighted by Gasteiger charge is 2.69. The molecule has 60 heavy (non-hydrogen) atoms. The first-order chi connectivity index (χ1) is 28.9. The van der Waals surface area contributed by atoms with Crippen molar-refractivity contribution < 1.29 is 28.9 Å². The Morgan fingerprint density at radius 3 is 2.32 bits per heavy atom. The molecule has 4 aromatic carbocycles. The van der Waals surface area contributed by atoms with E-state index in [2.05, 4.69) is 4.98 Å². The molecule has 4 atom stereocenters. The molecule has 6 aromatic rings. The van der Waals surface area contributed by atoms with E-state index in [0.717, 1.165) is 9.47 Å². The lowest BCUT2D eigenvalue weighted by Gasteiger charge is -2.49. The number of anilines is 1. The number of phenols is 1. The number of benzene rings is 4. The van der Waals surface area contributed by atoms with E-state index >= 15 is 4.79 Å². The maximum absolute atomic E-state index is 15.4. The van der Waals surface area contributed by atoms with Gasteiger partial charge < -0.3 is 23.9 Å². The third-order valence-electron chi connectivity index (χ3n) is 12.3. The molecule has 0 bridgehead atoms. The van der Waals surface area contributed by atoms with Crippen molar-refractivity contribution in [2.45, 2.75) is 43.3 Å². The number of fused-ring (bicyclic) bond motifs is 5. The molecule has 1 aliphatic carbocycles. The zero-order chi connectivity index (χ0) is 42.2. The number of nitrogens with zero attached hydrogens (tertiary/aromatic N) is 6. The zero-order valence-electron chi connectivity index (χ0n) is 33.0. The molecule has 4 unspecified atom stereocenters. The Morgan fingerprint density at radius 2 is 1.62 bits per heavy atom. The number of hydrogen-bond donors (Lipinski definition) is 1. The molecule has 2 aliphatic heterocycles. The fourth-order valence-corrected chi connectivity index (χ4v) is 9.76. The van der Waals surface area contributed by atoms with Crippen LogP contribution in [0.1, 0.15) is 35.2 Å². The molecular formula is C44H39ClN6O9. The normalized spacial score (nSPS) is 20.7. The molecule has 2 aromatic heterocycles. The van der Waals surface area contributed by atoms with E-state index in [1.807, 2.05) is 12.1 Å². The van der Waals surface area contributed by atoms with Crippen molar-refractivity contribution in [3.8, 4) is 23.0 Å². The van der Waals surface area contributed by atoms with Crippen LogP contribution in [0, 0.1) is 5.92 Å². The van der Waals surface area contributed by atoms with Crippen LogP contribution in [-0.4, -0.2) is 61.7 Å². The molecule has 16 heteroatoms. The lowest BCUT2D eigenvalue weighted by molar-refractivity contribution is -0.124. The van der Waals surface area contributed by atoms with Gasteiger partial charge in [0.25, 0.3) is 5.56 Å². The number of allylic oxidation sites excluding steroid dienone is 2. The second kappa shape index (κ2) is 14.4. The topological polar surface area (TPSA) is 169 Å². The number of methoxy groups -OCH3 is 3. The van der Waals surface area contributed by atoms with Gasteiger partial charge in [-0.2, -0.15) is 0 Å². The van der Waals surface area contributed by atoms with E-state index in [1.54, 1.807) is 79.8 Å². The van der Waals surface area contributed by atoms with Gasteiger partial charge in [0.05, 0.1) is 62.0 Å². The van der Waals surface area contributed by atoms with Crippen molar-refractivity contribution >= 4 is 40.1 Å². The lowest BCUT2D eigenvalue weighted by Crippen LogP contribution is -2.53. The minimum atomic E-state index is -1.60. The van der Waals surface area contributed by atoms with Crippen LogP contribution < -0.4 is 36.0 Å². The molecule has 15 nitrogen and oxygen atoms in total. The summed E-state index contributed by atoms with van der Waals surface area (Å²) in [5.41, 5.74) is -0.435. The molecule has 1 saturated carbocycles. The molecule has 3 aliphatic rings. The van der Waals surface area contributed by atoms with Crippen molar-refractivity contribution in [3.05, 3.63) is 150 Å². The molecule has 0 spiro atoms. The number of aryl methyl sites for hydroxylation is 2. The summed E-state index contributed by atoms with van der Waals surface area (Å²) in [6.45, 7) is -0.221. The van der Waals surface area contributed by atoms with Gasteiger partial charge in [-0.25, -0.2) is 33.4 Å². The van der Waals surface area contributed by atoms with Gasteiger partial charge >= 0.3 is 11.4 Å². The molecular weight excluding hydrogens is 792 g/mol. The van der Waals surface area contributed by atoms with E-state index < -0.39 is 52.0 Å². The van der Waals surface area contributed by atoms with E-state index in [4.69, 9.17) is 25.8 Å². The van der Waals surface area contributed by atoms with Crippen molar-refractivity contribution in [1.82, 2.24) is 23.5 Å². The number of halogens is 1. The number of phenolic OH excluding ortho intramolecular Hbond substituents is 1. The Kier molecular flexibility index (Phi) is 9.30. The largest absolute Gasteiger partial charge is 0.508 e. The number of amides is 2. The molecule has 1 N–H and O–H groups in total. The van der Waals surface area contributed by atoms with Gasteiger partial charge in [-0.15, -0.1) is 0 Å². The number of carbonyl (C=O) groups excluding carboxylic acids is 2. The van der Waals surface area contributed by atoms with Crippen molar-refractivity contribution in [2.24, 2.45) is 13.0 Å². The smallest absolute Gasteiger partial charge is 0.347 e. The fraction of sp³-hybridized carbons (Fsp3) is 0.273. The number of aromatic hydroxyl groups is 1. The second-order valence-electron chi connectivity index (χ2n) is 15.1. The van der Waals surface area contributed by atoms with Crippen molar-refractivity contribution in [3.63, 3.8) is 0 Å². The monoisotopic (exact) mass is 830 g/mol. The molecule has 9 rings (SSSR count). The van der Waals surface area contributed by atoms with Gasteiger partial charge in [-0.3, -0.25) is 14.4 Å². The van der Waals surface area contributed by atoms with Crippen molar-refractivity contribution in [1.29, 1.82) is 0 Å². The van der Waals surface area contributed by atoms with Crippen LogP contribution >= 0.6 is 11.6 Å². The molecule has 4 heterocycles. The second-order valence-corrected chi connectivity index (χ2v) is 15.5. The van der Waals surface area contributed by atoms with E-state index in [9.17, 15) is 24.3 Å². The van der Waals surface area contributed by atoms with Gasteiger partial charge in [0.2, 0.25) is 11.8 Å². The third-order valence-corrected chi connectivity index (χ3v) is 12.5. The maximum Gasteiger partial charge on any atom is 0.347 e. The molecule has 1 saturated heterocycles. The predicted molar refractivity (Wildman–Crippen MR) is 221 cm³/mol. The highest BCUT2D eigenvalue weighted by atomic mass is 35.5. The van der Waals surface area contributed by atoms with Crippen LogP contribution in [0.3, 0.4) is 0 Å². The highest BCUT2D eigenvalue weighted by Crippen LogP contribution is 2.63. The Morgan fingerprint density at radius 1 is 0.867 bits per heavy atom. The lowest BCUT2D eigenvalue weighted by atomic mass is 9.53. The average Bonchev–Trinajstić information content (AvgIpc) is 3.64. The Hall–Kier alpha value is -6.87. The fourth-order valence-electron chi connectivity index (χ4n) is 9.57. The number of imide groups is 1. The summed E-state index contributed by atoms with van der Waals surface area (Å²) in [6.07, 6.45) is 1.73. The first-order valence-electron chi connectivity index (χ1n) is 19.2. The first-order valence-corrected chi connectivity index (χ1v) is 19.6. The minimum absolute atomic E-state index is 0.0305. The quantitative estimate of drug-likeness (QED) is 0.162. The summed E-state index contributed by atoms with van der Waals surface area (Å²) in [6, 6.07) is 22.7. The first kappa shape index (κ1) is 38.6. The zero-order valence-corrected chi connectivity index (χ0v) is 33.8. The van der Waals surface area contributed by atoms with Gasteiger partial charge in [0.1, 0.15) is 17.2 Å². The van der Waals surface area contributed by atoms with Crippen LogP contribution in [0.2, 0.25) is 5.02 Å². The SMILES string of the molecule is COc1ccc(C2C3=CCn4c(=O)n(CCc5nc6cc(OC)c(OC)cc6n(C)c5=O)c(=O)n4C3CC3C(=O)N(c4cccc(Cl)c4)C(=O)C32c2ccccc2)c(O)c1. The third kappa shape index (κ3) is 5.55. The van der Waals surface area contributed by atoms with Gasteiger partial charge in [0, 0.05) is 54.7 Å².